The molecule has 212 valence electrons. The summed E-state index contributed by atoms with van der Waals surface area (Å²) >= 11 is 0. The molecule has 0 fully saturated rings. The number of primary amides is 1. The SMILES string of the molecule is CC(=O)Nc1cc(-c2ccc(C(N)=O)cc2C(=O)O)cc(C2CC(C)(c3ccccc3)c3cc(C(=N)N)ccc3N2)c1. The van der Waals surface area contributed by atoms with E-state index in [1.807, 2.05) is 42.5 Å². The second-order valence-corrected chi connectivity index (χ2v) is 10.7. The van der Waals surface area contributed by atoms with Gasteiger partial charge in [0.05, 0.1) is 11.6 Å². The predicted octanol–water partition coefficient (Wildman–Crippen LogP) is 5.26. The first-order valence-corrected chi connectivity index (χ1v) is 13.4. The van der Waals surface area contributed by atoms with Crippen LogP contribution >= 0.6 is 0 Å². The van der Waals surface area contributed by atoms with Crippen LogP contribution in [-0.2, 0) is 10.2 Å². The Morgan fingerprint density at radius 2 is 1.67 bits per heavy atom. The highest BCUT2D eigenvalue weighted by Gasteiger charge is 2.39. The Bertz CT molecular complexity index is 1750. The van der Waals surface area contributed by atoms with Gasteiger partial charge in [-0.1, -0.05) is 43.3 Å². The minimum atomic E-state index is -1.21. The summed E-state index contributed by atoms with van der Waals surface area (Å²) in [5.41, 5.74) is 16.7. The number of anilines is 2. The summed E-state index contributed by atoms with van der Waals surface area (Å²) in [5.74, 6) is -2.22. The number of carbonyl (C=O) groups excluding carboxylic acids is 2. The Labute approximate surface area is 243 Å². The van der Waals surface area contributed by atoms with Gasteiger partial charge in [-0.3, -0.25) is 15.0 Å². The lowest BCUT2D eigenvalue weighted by Gasteiger charge is -2.42. The number of nitrogen functional groups attached to an aromatic ring is 1. The predicted molar refractivity (Wildman–Crippen MR) is 163 cm³/mol. The number of rotatable bonds is 7. The van der Waals surface area contributed by atoms with E-state index in [9.17, 15) is 19.5 Å². The summed E-state index contributed by atoms with van der Waals surface area (Å²) < 4.78 is 0. The summed E-state index contributed by atoms with van der Waals surface area (Å²) in [6.45, 7) is 3.56. The summed E-state index contributed by atoms with van der Waals surface area (Å²) in [7, 11) is 0. The Hall–Kier alpha value is -5.44. The molecule has 0 saturated carbocycles. The van der Waals surface area contributed by atoms with Gasteiger partial charge in [0.15, 0.2) is 0 Å². The molecule has 1 aliphatic rings. The van der Waals surface area contributed by atoms with Gasteiger partial charge in [-0.15, -0.1) is 0 Å². The van der Waals surface area contributed by atoms with Gasteiger partial charge in [0.1, 0.15) is 5.84 Å². The quantitative estimate of drug-likeness (QED) is 0.133. The third-order valence-electron chi connectivity index (χ3n) is 7.80. The Balaban J connectivity index is 1.68. The fourth-order valence-corrected chi connectivity index (χ4v) is 5.74. The summed E-state index contributed by atoms with van der Waals surface area (Å²) in [5, 5.41) is 24.4. The number of fused-ring (bicyclic) bond motifs is 1. The summed E-state index contributed by atoms with van der Waals surface area (Å²) in [4.78, 5) is 36.0. The highest BCUT2D eigenvalue weighted by Crippen LogP contribution is 2.49. The molecular formula is C33H31N5O4. The first-order valence-electron chi connectivity index (χ1n) is 13.4. The van der Waals surface area contributed by atoms with E-state index < -0.39 is 17.3 Å². The number of hydrogen-bond donors (Lipinski definition) is 6. The summed E-state index contributed by atoms with van der Waals surface area (Å²) in [6.07, 6.45) is 0.612. The number of hydrogen-bond acceptors (Lipinski definition) is 5. The molecule has 4 aromatic rings. The van der Waals surface area contributed by atoms with E-state index in [2.05, 4.69) is 29.7 Å². The van der Waals surface area contributed by atoms with Gasteiger partial charge in [-0.25, -0.2) is 4.79 Å². The molecule has 8 N–H and O–H groups in total. The van der Waals surface area contributed by atoms with E-state index in [1.54, 1.807) is 18.2 Å². The molecule has 4 aromatic carbocycles. The molecular weight excluding hydrogens is 530 g/mol. The van der Waals surface area contributed by atoms with E-state index in [0.717, 1.165) is 22.4 Å². The fraction of sp³-hybridized carbons (Fsp3) is 0.152. The first-order chi connectivity index (χ1) is 20.0. The van der Waals surface area contributed by atoms with Crippen LogP contribution in [0, 0.1) is 5.41 Å². The van der Waals surface area contributed by atoms with Crippen LogP contribution in [0.15, 0.2) is 84.9 Å². The second kappa shape index (κ2) is 10.9. The number of carbonyl (C=O) groups is 3. The average Bonchev–Trinajstić information content (AvgIpc) is 2.96. The molecule has 1 heterocycles. The van der Waals surface area contributed by atoms with Gasteiger partial charge >= 0.3 is 5.97 Å². The molecule has 0 bridgehead atoms. The van der Waals surface area contributed by atoms with Crippen molar-refractivity contribution in [3.63, 3.8) is 0 Å². The lowest BCUT2D eigenvalue weighted by atomic mass is 9.68. The highest BCUT2D eigenvalue weighted by atomic mass is 16.4. The molecule has 2 amide bonds. The minimum Gasteiger partial charge on any atom is -0.478 e. The van der Waals surface area contributed by atoms with Crippen molar-refractivity contribution in [3.8, 4) is 11.1 Å². The summed E-state index contributed by atoms with van der Waals surface area (Å²) in [6, 6.07) is 25.3. The van der Waals surface area contributed by atoms with Crippen LogP contribution in [0.1, 0.15) is 69.3 Å². The van der Waals surface area contributed by atoms with Crippen LogP contribution in [0.4, 0.5) is 11.4 Å². The van der Waals surface area contributed by atoms with E-state index in [1.165, 1.54) is 19.1 Å². The van der Waals surface area contributed by atoms with Crippen LogP contribution in [0.2, 0.25) is 0 Å². The molecule has 0 aromatic heterocycles. The molecule has 9 heteroatoms. The standard InChI is InChI=1S/C33H31N5O4/c1-18(39)37-24-13-21(25-10-8-20(31(36)40)15-26(25)32(41)42)12-22(14-24)29-17-33(2,23-6-4-3-5-7-23)27-16-19(30(34)35)9-11-28(27)38-29/h3-16,29,38H,17H2,1-2H3,(H3,34,35)(H2,36,40)(H,37,39)(H,41,42). The van der Waals surface area contributed by atoms with Crippen molar-refractivity contribution in [2.45, 2.75) is 31.7 Å². The first kappa shape index (κ1) is 28.1. The molecule has 42 heavy (non-hydrogen) atoms. The average molecular weight is 562 g/mol. The number of carboxylic acid groups (broad SMARTS) is 1. The number of amidine groups is 1. The molecule has 0 aliphatic carbocycles. The van der Waals surface area contributed by atoms with Crippen molar-refractivity contribution in [2.24, 2.45) is 11.5 Å². The van der Waals surface area contributed by atoms with Crippen LogP contribution in [0.5, 0.6) is 0 Å². The van der Waals surface area contributed by atoms with E-state index in [0.29, 0.717) is 28.8 Å². The van der Waals surface area contributed by atoms with Crippen LogP contribution in [0.25, 0.3) is 11.1 Å². The number of aromatic carboxylic acids is 1. The minimum absolute atomic E-state index is 0.0143. The van der Waals surface area contributed by atoms with Crippen molar-refractivity contribution >= 4 is 35.0 Å². The Kier molecular flexibility index (Phi) is 7.26. The Morgan fingerprint density at radius 3 is 2.31 bits per heavy atom. The fourth-order valence-electron chi connectivity index (χ4n) is 5.74. The third-order valence-corrected chi connectivity index (χ3v) is 7.80. The Morgan fingerprint density at radius 1 is 0.952 bits per heavy atom. The number of benzene rings is 4. The van der Waals surface area contributed by atoms with E-state index >= 15 is 0 Å². The zero-order chi connectivity index (χ0) is 30.2. The smallest absolute Gasteiger partial charge is 0.336 e. The van der Waals surface area contributed by atoms with Gasteiger partial charge in [-0.2, -0.15) is 0 Å². The van der Waals surface area contributed by atoms with Crippen molar-refractivity contribution in [1.82, 2.24) is 0 Å². The molecule has 2 unspecified atom stereocenters. The van der Waals surface area contributed by atoms with Crippen LogP contribution in [-0.4, -0.2) is 28.7 Å². The molecule has 0 spiro atoms. The third kappa shape index (κ3) is 5.32. The van der Waals surface area contributed by atoms with Crippen molar-refractivity contribution in [1.29, 1.82) is 5.41 Å². The maximum atomic E-state index is 12.2. The zero-order valence-electron chi connectivity index (χ0n) is 23.2. The maximum Gasteiger partial charge on any atom is 0.336 e. The van der Waals surface area contributed by atoms with Gasteiger partial charge in [0, 0.05) is 34.8 Å². The van der Waals surface area contributed by atoms with Crippen molar-refractivity contribution in [2.75, 3.05) is 10.6 Å². The van der Waals surface area contributed by atoms with E-state index in [4.69, 9.17) is 16.9 Å². The van der Waals surface area contributed by atoms with Crippen molar-refractivity contribution in [3.05, 3.63) is 118 Å². The van der Waals surface area contributed by atoms with Gasteiger partial charge < -0.3 is 27.2 Å². The lowest BCUT2D eigenvalue weighted by Crippen LogP contribution is -2.35. The lowest BCUT2D eigenvalue weighted by molar-refractivity contribution is -0.114. The topological polar surface area (TPSA) is 171 Å². The molecule has 1 aliphatic heterocycles. The molecule has 0 saturated heterocycles. The number of nitrogens with one attached hydrogen (secondary N) is 3. The zero-order valence-corrected chi connectivity index (χ0v) is 23.2. The van der Waals surface area contributed by atoms with Gasteiger partial charge in [0.2, 0.25) is 11.8 Å². The second-order valence-electron chi connectivity index (χ2n) is 10.7. The normalized spacial score (nSPS) is 17.4. The molecule has 0 radical (unpaired) electrons. The highest BCUT2D eigenvalue weighted by molar-refractivity contribution is 6.01. The molecule has 9 nitrogen and oxygen atoms in total. The van der Waals surface area contributed by atoms with Crippen LogP contribution < -0.4 is 22.1 Å². The maximum absolute atomic E-state index is 12.2. The van der Waals surface area contributed by atoms with Gasteiger partial charge in [-0.05, 0) is 82.8 Å². The van der Waals surface area contributed by atoms with Gasteiger partial charge in [0.25, 0.3) is 0 Å². The molecule has 5 rings (SSSR count). The number of nitrogens with two attached hydrogens (primary N) is 2. The number of carboxylic acids is 1. The van der Waals surface area contributed by atoms with Crippen LogP contribution in [0.3, 0.4) is 0 Å². The van der Waals surface area contributed by atoms with E-state index in [-0.39, 0.29) is 28.9 Å². The monoisotopic (exact) mass is 561 g/mol. The number of amides is 2. The molecule has 2 atom stereocenters. The van der Waals surface area contributed by atoms with Crippen molar-refractivity contribution < 1.29 is 19.5 Å². The largest absolute Gasteiger partial charge is 0.478 e.